The summed E-state index contributed by atoms with van der Waals surface area (Å²) >= 11 is 7.65. The van der Waals surface area contributed by atoms with Crippen LogP contribution in [0.25, 0.3) is 0 Å². The summed E-state index contributed by atoms with van der Waals surface area (Å²) in [5, 5.41) is 3.07. The van der Waals surface area contributed by atoms with Crippen molar-refractivity contribution in [3.63, 3.8) is 0 Å². The fourth-order valence-corrected chi connectivity index (χ4v) is 2.52. The highest BCUT2D eigenvalue weighted by Gasteiger charge is 2.39. The maximum atomic E-state index is 12.1. The van der Waals surface area contributed by atoms with Crippen LogP contribution in [0.5, 0.6) is 0 Å². The van der Waals surface area contributed by atoms with Crippen molar-refractivity contribution in [3.8, 4) is 0 Å². The second-order valence-electron chi connectivity index (χ2n) is 3.91. The molecular weight excluding hydrogens is 272 g/mol. The minimum atomic E-state index is -0.443. The first-order chi connectivity index (χ1) is 8.65. The molecule has 18 heavy (non-hydrogen) atoms. The fraction of sp³-hybridized carbons (Fsp3) is 0.333. The summed E-state index contributed by atoms with van der Waals surface area (Å²) in [5.41, 5.74) is 0.438. The van der Waals surface area contributed by atoms with Gasteiger partial charge in [0.05, 0.1) is 10.7 Å². The van der Waals surface area contributed by atoms with Crippen molar-refractivity contribution in [2.24, 2.45) is 0 Å². The molecule has 0 aromatic heterocycles. The number of halogens is 1. The van der Waals surface area contributed by atoms with Crippen LogP contribution in [0, 0.1) is 0 Å². The molecular formula is C12H13ClN2O2S. The summed E-state index contributed by atoms with van der Waals surface area (Å²) in [6.45, 7) is 0. The molecule has 3 amide bonds. The fourth-order valence-electron chi connectivity index (χ4n) is 1.82. The number of nitrogens with zero attached hydrogens (tertiary/aromatic N) is 1. The zero-order valence-electron chi connectivity index (χ0n) is 9.85. The Bertz CT molecular complexity index is 481. The Kier molecular flexibility index (Phi) is 4.14. The van der Waals surface area contributed by atoms with Gasteiger partial charge in [0.2, 0.25) is 0 Å². The van der Waals surface area contributed by atoms with E-state index in [1.54, 1.807) is 36.0 Å². The van der Waals surface area contributed by atoms with Crippen molar-refractivity contribution < 1.29 is 9.59 Å². The number of amides is 3. The zero-order valence-corrected chi connectivity index (χ0v) is 11.4. The number of anilines is 1. The van der Waals surface area contributed by atoms with E-state index in [2.05, 4.69) is 5.32 Å². The summed E-state index contributed by atoms with van der Waals surface area (Å²) in [6.07, 6.45) is 2.60. The molecule has 1 aliphatic heterocycles. The van der Waals surface area contributed by atoms with Crippen LogP contribution in [0.15, 0.2) is 24.3 Å². The van der Waals surface area contributed by atoms with Gasteiger partial charge in [-0.15, -0.1) is 0 Å². The van der Waals surface area contributed by atoms with Gasteiger partial charge in [-0.3, -0.25) is 4.79 Å². The maximum absolute atomic E-state index is 12.1. The normalized spacial score (nSPS) is 19.2. The predicted molar refractivity (Wildman–Crippen MR) is 74.3 cm³/mol. The first-order valence-electron chi connectivity index (χ1n) is 5.53. The third kappa shape index (κ3) is 2.47. The number of hydrogen-bond acceptors (Lipinski definition) is 3. The second-order valence-corrected chi connectivity index (χ2v) is 5.30. The quantitative estimate of drug-likeness (QED) is 0.865. The molecule has 0 radical (unpaired) electrons. The molecule has 6 heteroatoms. The van der Waals surface area contributed by atoms with Crippen LogP contribution in [0.1, 0.15) is 6.42 Å². The number of hydrogen-bond donors (Lipinski definition) is 1. The van der Waals surface area contributed by atoms with E-state index in [-0.39, 0.29) is 5.91 Å². The number of thioether (sulfide) groups is 1. The molecule has 1 N–H and O–H groups in total. The summed E-state index contributed by atoms with van der Waals surface area (Å²) in [4.78, 5) is 25.1. The van der Waals surface area contributed by atoms with Crippen LogP contribution in [-0.2, 0) is 4.79 Å². The van der Waals surface area contributed by atoms with Crippen LogP contribution in [-0.4, -0.2) is 30.0 Å². The Morgan fingerprint density at radius 1 is 1.39 bits per heavy atom. The van der Waals surface area contributed by atoms with Gasteiger partial charge in [0.1, 0.15) is 6.04 Å². The Morgan fingerprint density at radius 2 is 2.11 bits per heavy atom. The number of carbonyl (C=O) groups excluding carboxylic acids is 2. The second kappa shape index (κ2) is 5.63. The van der Waals surface area contributed by atoms with E-state index in [4.69, 9.17) is 11.6 Å². The molecule has 0 spiro atoms. The van der Waals surface area contributed by atoms with Gasteiger partial charge in [-0.1, -0.05) is 23.7 Å². The maximum Gasteiger partial charge on any atom is 0.329 e. The van der Waals surface area contributed by atoms with Gasteiger partial charge in [-0.25, -0.2) is 9.69 Å². The van der Waals surface area contributed by atoms with Gasteiger partial charge >= 0.3 is 6.03 Å². The van der Waals surface area contributed by atoms with Crippen molar-refractivity contribution in [2.75, 3.05) is 16.9 Å². The van der Waals surface area contributed by atoms with E-state index in [1.165, 1.54) is 0 Å². The SMILES string of the molecule is CSCCC1NC(=O)N(c2ccccc2Cl)C1=O. The standard InChI is InChI=1S/C12H13ClN2O2S/c1-18-7-6-9-11(16)15(12(17)14-9)10-5-3-2-4-8(10)13/h2-5,9H,6-7H2,1H3,(H,14,17). The van der Waals surface area contributed by atoms with Gasteiger partial charge < -0.3 is 5.32 Å². The molecule has 1 saturated heterocycles. The van der Waals surface area contributed by atoms with Crippen molar-refractivity contribution in [1.29, 1.82) is 0 Å². The van der Waals surface area contributed by atoms with Crippen LogP contribution < -0.4 is 10.2 Å². The molecule has 2 rings (SSSR count). The summed E-state index contributed by atoms with van der Waals surface area (Å²) in [6, 6.07) is 5.98. The Hall–Kier alpha value is -1.20. The van der Waals surface area contributed by atoms with E-state index >= 15 is 0 Å². The Labute approximate surface area is 115 Å². The molecule has 0 bridgehead atoms. The highest BCUT2D eigenvalue weighted by Crippen LogP contribution is 2.28. The van der Waals surface area contributed by atoms with Crippen molar-refractivity contribution in [1.82, 2.24) is 5.32 Å². The van der Waals surface area contributed by atoms with Gasteiger partial charge in [0.25, 0.3) is 5.91 Å². The number of benzene rings is 1. The number of para-hydroxylation sites is 1. The monoisotopic (exact) mass is 284 g/mol. The smallest absolute Gasteiger partial charge is 0.325 e. The van der Waals surface area contributed by atoms with Crippen molar-refractivity contribution in [3.05, 3.63) is 29.3 Å². The minimum absolute atomic E-state index is 0.234. The number of imide groups is 1. The van der Waals surface area contributed by atoms with Crippen molar-refractivity contribution in [2.45, 2.75) is 12.5 Å². The highest BCUT2D eigenvalue weighted by atomic mass is 35.5. The third-order valence-electron chi connectivity index (χ3n) is 2.72. The van der Waals surface area contributed by atoms with E-state index in [9.17, 15) is 9.59 Å². The van der Waals surface area contributed by atoms with Gasteiger partial charge in [-0.05, 0) is 30.6 Å². The van der Waals surface area contributed by atoms with Crippen molar-refractivity contribution >= 4 is 41.0 Å². The third-order valence-corrected chi connectivity index (χ3v) is 3.69. The lowest BCUT2D eigenvalue weighted by Crippen LogP contribution is -2.31. The molecule has 0 aliphatic carbocycles. The van der Waals surface area contributed by atoms with E-state index in [1.807, 2.05) is 6.26 Å². The van der Waals surface area contributed by atoms with Gasteiger partial charge in [0, 0.05) is 0 Å². The number of nitrogens with one attached hydrogen (secondary N) is 1. The molecule has 1 atom stereocenters. The molecule has 96 valence electrons. The summed E-state index contributed by atoms with van der Waals surface area (Å²) < 4.78 is 0. The molecule has 0 saturated carbocycles. The topological polar surface area (TPSA) is 49.4 Å². The first-order valence-corrected chi connectivity index (χ1v) is 7.30. The van der Waals surface area contributed by atoms with E-state index < -0.39 is 12.1 Å². The Balaban J connectivity index is 2.22. The van der Waals surface area contributed by atoms with Crippen LogP contribution in [0.2, 0.25) is 5.02 Å². The molecule has 1 unspecified atom stereocenters. The Morgan fingerprint density at radius 3 is 2.78 bits per heavy atom. The largest absolute Gasteiger partial charge is 0.329 e. The molecule has 1 fully saturated rings. The van der Waals surface area contributed by atoms with Gasteiger partial charge in [0.15, 0.2) is 0 Å². The summed E-state index contributed by atoms with van der Waals surface area (Å²) in [7, 11) is 0. The lowest BCUT2D eigenvalue weighted by atomic mass is 10.2. The van der Waals surface area contributed by atoms with E-state index in [0.717, 1.165) is 10.7 Å². The molecule has 1 aromatic carbocycles. The number of carbonyl (C=O) groups is 2. The molecule has 4 nitrogen and oxygen atoms in total. The van der Waals surface area contributed by atoms with Gasteiger partial charge in [-0.2, -0.15) is 11.8 Å². The van der Waals surface area contributed by atoms with E-state index in [0.29, 0.717) is 17.1 Å². The number of urea groups is 1. The molecule has 1 heterocycles. The minimum Gasteiger partial charge on any atom is -0.325 e. The average molecular weight is 285 g/mol. The van der Waals surface area contributed by atoms with Crippen LogP contribution in [0.4, 0.5) is 10.5 Å². The first kappa shape index (κ1) is 13.2. The van der Waals surface area contributed by atoms with Crippen LogP contribution >= 0.6 is 23.4 Å². The predicted octanol–water partition coefficient (Wildman–Crippen LogP) is 2.52. The molecule has 1 aromatic rings. The highest BCUT2D eigenvalue weighted by molar-refractivity contribution is 7.98. The molecule has 1 aliphatic rings. The van der Waals surface area contributed by atoms with Crippen LogP contribution in [0.3, 0.4) is 0 Å². The number of rotatable bonds is 4. The average Bonchev–Trinajstić information content (AvgIpc) is 2.63. The lowest BCUT2D eigenvalue weighted by molar-refractivity contribution is -0.118. The zero-order chi connectivity index (χ0) is 13.1. The lowest BCUT2D eigenvalue weighted by Gasteiger charge is -2.14. The summed E-state index contributed by atoms with van der Waals surface area (Å²) in [5.74, 6) is 0.592.